The lowest BCUT2D eigenvalue weighted by molar-refractivity contribution is 0.598. The highest BCUT2D eigenvalue weighted by molar-refractivity contribution is 7.98. The molecule has 0 amide bonds. The van der Waals surface area contributed by atoms with Crippen LogP contribution in [0.2, 0.25) is 0 Å². The van der Waals surface area contributed by atoms with Crippen molar-refractivity contribution in [2.24, 2.45) is 7.05 Å². The molecule has 0 radical (unpaired) electrons. The van der Waals surface area contributed by atoms with Gasteiger partial charge in [0.05, 0.1) is 6.33 Å². The number of hydrogen-bond acceptors (Lipinski definition) is 3. The van der Waals surface area contributed by atoms with Crippen molar-refractivity contribution in [2.45, 2.75) is 30.5 Å². The van der Waals surface area contributed by atoms with E-state index in [1.165, 1.54) is 16.2 Å². The van der Waals surface area contributed by atoms with E-state index in [9.17, 15) is 0 Å². The van der Waals surface area contributed by atoms with Crippen LogP contribution in [0.3, 0.4) is 0 Å². The Balaban J connectivity index is 1.93. The molecule has 1 atom stereocenters. The van der Waals surface area contributed by atoms with Gasteiger partial charge in [-0.1, -0.05) is 19.1 Å². The summed E-state index contributed by atoms with van der Waals surface area (Å²) in [7, 11) is 2.03. The quantitative estimate of drug-likeness (QED) is 0.820. The highest BCUT2D eigenvalue weighted by Gasteiger charge is 2.04. The summed E-state index contributed by atoms with van der Waals surface area (Å²) in [5.41, 5.74) is 2.59. The first kappa shape index (κ1) is 14.2. The minimum atomic E-state index is 0.418. The molecule has 1 unspecified atom stereocenters. The van der Waals surface area contributed by atoms with Crippen LogP contribution in [0.1, 0.15) is 31.1 Å². The molecular formula is C15H21N3S. The largest absolute Gasteiger partial charge is 0.337 e. The molecule has 1 N–H and O–H groups in total. The molecule has 0 fully saturated rings. The van der Waals surface area contributed by atoms with Crippen LogP contribution in [0.5, 0.6) is 0 Å². The molecular weight excluding hydrogens is 254 g/mol. The molecule has 1 heterocycles. The van der Waals surface area contributed by atoms with Crippen LogP contribution in [0.4, 0.5) is 0 Å². The van der Waals surface area contributed by atoms with Crippen LogP contribution >= 0.6 is 11.8 Å². The van der Waals surface area contributed by atoms with Crippen LogP contribution in [0.25, 0.3) is 0 Å². The van der Waals surface area contributed by atoms with E-state index in [-0.39, 0.29) is 0 Å². The van der Waals surface area contributed by atoms with E-state index in [1.807, 2.05) is 31.3 Å². The minimum absolute atomic E-state index is 0.418. The molecule has 19 heavy (non-hydrogen) atoms. The standard InChI is InChI=1S/C15H21N3S/c1-4-17-12(2)13-5-7-15(8-6-13)19-10-14-9-16-11-18(14)3/h5-9,11-12,17H,4,10H2,1-3H3. The van der Waals surface area contributed by atoms with E-state index in [0.717, 1.165) is 12.3 Å². The molecule has 0 aliphatic carbocycles. The lowest BCUT2D eigenvalue weighted by Gasteiger charge is -2.13. The third-order valence-corrected chi connectivity index (χ3v) is 4.24. The Kier molecular flexibility index (Phi) is 5.05. The number of imidazole rings is 1. The molecule has 1 aromatic heterocycles. The van der Waals surface area contributed by atoms with Gasteiger partial charge in [-0.3, -0.25) is 0 Å². The second-order valence-corrected chi connectivity index (χ2v) is 5.68. The van der Waals surface area contributed by atoms with Gasteiger partial charge in [0, 0.05) is 35.6 Å². The fraction of sp³-hybridized carbons (Fsp3) is 0.400. The fourth-order valence-corrected chi connectivity index (χ4v) is 2.88. The third kappa shape index (κ3) is 3.85. The first-order valence-electron chi connectivity index (χ1n) is 6.62. The monoisotopic (exact) mass is 275 g/mol. The number of aromatic nitrogens is 2. The number of thioether (sulfide) groups is 1. The maximum absolute atomic E-state index is 4.13. The predicted molar refractivity (Wildman–Crippen MR) is 81.3 cm³/mol. The first-order valence-corrected chi connectivity index (χ1v) is 7.60. The van der Waals surface area contributed by atoms with Gasteiger partial charge in [0.1, 0.15) is 0 Å². The van der Waals surface area contributed by atoms with Gasteiger partial charge in [-0.15, -0.1) is 11.8 Å². The van der Waals surface area contributed by atoms with Crippen LogP contribution in [0.15, 0.2) is 41.7 Å². The van der Waals surface area contributed by atoms with Crippen LogP contribution in [-0.2, 0) is 12.8 Å². The van der Waals surface area contributed by atoms with Gasteiger partial charge < -0.3 is 9.88 Å². The van der Waals surface area contributed by atoms with Crippen molar-refractivity contribution in [1.29, 1.82) is 0 Å². The molecule has 0 aliphatic heterocycles. The van der Waals surface area contributed by atoms with Gasteiger partial charge in [0.2, 0.25) is 0 Å². The molecule has 0 saturated heterocycles. The topological polar surface area (TPSA) is 29.9 Å². The Labute approximate surface area is 119 Å². The molecule has 4 heteroatoms. The summed E-state index contributed by atoms with van der Waals surface area (Å²) in [4.78, 5) is 5.43. The fourth-order valence-electron chi connectivity index (χ4n) is 1.96. The van der Waals surface area contributed by atoms with Crippen molar-refractivity contribution in [3.05, 3.63) is 48.0 Å². The number of aryl methyl sites for hydroxylation is 1. The Morgan fingerprint density at radius 3 is 2.63 bits per heavy atom. The van der Waals surface area contributed by atoms with Gasteiger partial charge >= 0.3 is 0 Å². The number of nitrogens with one attached hydrogen (secondary N) is 1. The Hall–Kier alpha value is -1.26. The van der Waals surface area contributed by atoms with Crippen molar-refractivity contribution in [3.8, 4) is 0 Å². The minimum Gasteiger partial charge on any atom is -0.337 e. The van der Waals surface area contributed by atoms with Crippen molar-refractivity contribution < 1.29 is 0 Å². The summed E-state index contributed by atoms with van der Waals surface area (Å²) in [5.74, 6) is 0.957. The molecule has 2 rings (SSSR count). The maximum Gasteiger partial charge on any atom is 0.0945 e. The van der Waals surface area contributed by atoms with Gasteiger partial charge in [0.25, 0.3) is 0 Å². The Morgan fingerprint density at radius 2 is 2.05 bits per heavy atom. The molecule has 3 nitrogen and oxygen atoms in total. The summed E-state index contributed by atoms with van der Waals surface area (Å²) >= 11 is 1.84. The molecule has 0 saturated carbocycles. The number of rotatable bonds is 6. The summed E-state index contributed by atoms with van der Waals surface area (Å²) in [6.07, 6.45) is 3.77. The maximum atomic E-state index is 4.13. The Morgan fingerprint density at radius 1 is 1.32 bits per heavy atom. The Bertz CT molecular complexity index is 504. The zero-order valence-corrected chi connectivity index (χ0v) is 12.6. The molecule has 0 bridgehead atoms. The van der Waals surface area contributed by atoms with Gasteiger partial charge in [0.15, 0.2) is 0 Å². The zero-order chi connectivity index (χ0) is 13.7. The lowest BCUT2D eigenvalue weighted by atomic mass is 10.1. The second kappa shape index (κ2) is 6.78. The highest BCUT2D eigenvalue weighted by Crippen LogP contribution is 2.24. The summed E-state index contributed by atoms with van der Waals surface area (Å²) in [6.45, 7) is 5.33. The smallest absolute Gasteiger partial charge is 0.0945 e. The van der Waals surface area contributed by atoms with E-state index >= 15 is 0 Å². The van der Waals surface area contributed by atoms with Crippen molar-refractivity contribution in [2.75, 3.05) is 6.54 Å². The van der Waals surface area contributed by atoms with Gasteiger partial charge in [-0.05, 0) is 31.2 Å². The van der Waals surface area contributed by atoms with Crippen molar-refractivity contribution >= 4 is 11.8 Å². The van der Waals surface area contributed by atoms with E-state index < -0.39 is 0 Å². The molecule has 1 aromatic carbocycles. The molecule has 0 aliphatic rings. The first-order chi connectivity index (χ1) is 9.20. The zero-order valence-electron chi connectivity index (χ0n) is 11.8. The van der Waals surface area contributed by atoms with E-state index in [2.05, 4.69) is 53.0 Å². The predicted octanol–water partition coefficient (Wildman–Crippen LogP) is 3.38. The highest BCUT2D eigenvalue weighted by atomic mass is 32.2. The van der Waals surface area contributed by atoms with Gasteiger partial charge in [-0.25, -0.2) is 4.98 Å². The average molecular weight is 275 g/mol. The van der Waals surface area contributed by atoms with E-state index in [4.69, 9.17) is 0 Å². The number of hydrogen-bond donors (Lipinski definition) is 1. The second-order valence-electron chi connectivity index (χ2n) is 4.63. The molecule has 2 aromatic rings. The summed E-state index contributed by atoms with van der Waals surface area (Å²) < 4.78 is 2.06. The average Bonchev–Trinajstić information content (AvgIpc) is 2.83. The van der Waals surface area contributed by atoms with Crippen LogP contribution in [0, 0.1) is 0 Å². The molecule has 0 spiro atoms. The molecule has 102 valence electrons. The lowest BCUT2D eigenvalue weighted by Crippen LogP contribution is -2.17. The van der Waals surface area contributed by atoms with Crippen molar-refractivity contribution in [3.63, 3.8) is 0 Å². The normalized spacial score (nSPS) is 12.6. The number of benzene rings is 1. The van der Waals surface area contributed by atoms with Crippen molar-refractivity contribution in [1.82, 2.24) is 14.9 Å². The van der Waals surface area contributed by atoms with Crippen LogP contribution in [-0.4, -0.2) is 16.1 Å². The van der Waals surface area contributed by atoms with Gasteiger partial charge in [-0.2, -0.15) is 0 Å². The third-order valence-electron chi connectivity index (χ3n) is 3.19. The SMILES string of the molecule is CCNC(C)c1ccc(SCc2cncn2C)cc1. The summed E-state index contributed by atoms with van der Waals surface area (Å²) in [6, 6.07) is 9.23. The van der Waals surface area contributed by atoms with E-state index in [1.54, 1.807) is 0 Å². The van der Waals surface area contributed by atoms with Crippen LogP contribution < -0.4 is 5.32 Å². The number of nitrogens with zero attached hydrogens (tertiary/aromatic N) is 2. The summed E-state index contributed by atoms with van der Waals surface area (Å²) in [5, 5.41) is 3.42. The van der Waals surface area contributed by atoms with E-state index in [0.29, 0.717) is 6.04 Å².